The fourth-order valence-electron chi connectivity index (χ4n) is 6.34. The summed E-state index contributed by atoms with van der Waals surface area (Å²) in [6, 6.07) is 23.8. The number of carboxylic acids is 1. The lowest BCUT2D eigenvalue weighted by molar-refractivity contribution is -0.144. The Labute approximate surface area is 267 Å². The summed E-state index contributed by atoms with van der Waals surface area (Å²) in [6.07, 6.45) is 2.71. The van der Waals surface area contributed by atoms with E-state index in [0.717, 1.165) is 58.6 Å². The number of nitrogens with zero attached hydrogens (tertiary/aromatic N) is 1. The van der Waals surface area contributed by atoms with E-state index in [1.807, 2.05) is 41.3 Å². The van der Waals surface area contributed by atoms with Crippen molar-refractivity contribution in [1.82, 2.24) is 4.90 Å². The summed E-state index contributed by atoms with van der Waals surface area (Å²) in [5.41, 5.74) is 6.17. The van der Waals surface area contributed by atoms with Crippen LogP contribution in [0.2, 0.25) is 10.0 Å². The molecule has 0 aromatic heterocycles. The van der Waals surface area contributed by atoms with Crippen molar-refractivity contribution in [3.8, 4) is 11.5 Å². The Hall–Kier alpha value is -3.58. The number of fused-ring (bicyclic) bond motifs is 2. The first-order chi connectivity index (χ1) is 21.3. The molecule has 2 aliphatic rings. The van der Waals surface area contributed by atoms with Crippen molar-refractivity contribution >= 4 is 29.2 Å². The van der Waals surface area contributed by atoms with E-state index in [2.05, 4.69) is 25.1 Å². The highest BCUT2D eigenvalue weighted by Gasteiger charge is 2.33. The SMILES string of the molecule is CC[C@@H](Oc1ccc([C@@H]2CCOc3cc4c(cc3C2)CN(Cc2cccc(F)c2)[C@H](C(=O)O)C4)cc1)c1ccc(Cl)c(Cl)c1. The molecule has 0 aliphatic carbocycles. The highest BCUT2D eigenvalue weighted by atomic mass is 35.5. The zero-order valence-electron chi connectivity index (χ0n) is 24.4. The van der Waals surface area contributed by atoms with E-state index in [1.165, 1.54) is 17.7 Å². The van der Waals surface area contributed by atoms with Gasteiger partial charge < -0.3 is 14.6 Å². The van der Waals surface area contributed by atoms with Gasteiger partial charge in [0, 0.05) is 13.1 Å². The molecule has 0 spiro atoms. The lowest BCUT2D eigenvalue weighted by Crippen LogP contribution is -2.45. The predicted molar refractivity (Wildman–Crippen MR) is 170 cm³/mol. The van der Waals surface area contributed by atoms with Crippen LogP contribution in [0.15, 0.2) is 78.9 Å². The third kappa shape index (κ3) is 6.73. The molecule has 4 aromatic carbocycles. The summed E-state index contributed by atoms with van der Waals surface area (Å²) >= 11 is 12.3. The maximum absolute atomic E-state index is 13.8. The molecule has 44 heavy (non-hydrogen) atoms. The smallest absolute Gasteiger partial charge is 0.321 e. The third-order valence-electron chi connectivity index (χ3n) is 8.68. The number of benzene rings is 4. The van der Waals surface area contributed by atoms with E-state index >= 15 is 0 Å². The molecule has 0 radical (unpaired) electrons. The monoisotopic (exact) mass is 633 g/mol. The minimum atomic E-state index is -0.877. The van der Waals surface area contributed by atoms with Crippen molar-refractivity contribution in [2.45, 2.75) is 63.8 Å². The van der Waals surface area contributed by atoms with Crippen LogP contribution >= 0.6 is 23.2 Å². The highest BCUT2D eigenvalue weighted by Crippen LogP contribution is 2.38. The molecule has 0 saturated carbocycles. The van der Waals surface area contributed by atoms with Gasteiger partial charge in [0.05, 0.1) is 16.7 Å². The van der Waals surface area contributed by atoms with E-state index < -0.39 is 12.0 Å². The highest BCUT2D eigenvalue weighted by molar-refractivity contribution is 6.42. The number of hydrogen-bond acceptors (Lipinski definition) is 4. The number of carbonyl (C=O) groups is 1. The second-order valence-corrected chi connectivity index (χ2v) is 12.4. The lowest BCUT2D eigenvalue weighted by atomic mass is 9.86. The molecular weight excluding hydrogens is 600 g/mol. The van der Waals surface area contributed by atoms with Crippen LogP contribution in [0, 0.1) is 5.82 Å². The van der Waals surface area contributed by atoms with E-state index in [1.54, 1.807) is 12.1 Å². The molecule has 3 atom stereocenters. The summed E-state index contributed by atoms with van der Waals surface area (Å²) in [7, 11) is 0. The molecule has 0 bridgehead atoms. The Bertz CT molecular complexity index is 1660. The summed E-state index contributed by atoms with van der Waals surface area (Å²) in [4.78, 5) is 14.1. The first kappa shape index (κ1) is 30.4. The number of hydrogen-bond donors (Lipinski definition) is 1. The molecule has 6 rings (SSSR count). The van der Waals surface area contributed by atoms with Crippen molar-refractivity contribution in [2.75, 3.05) is 6.61 Å². The van der Waals surface area contributed by atoms with Gasteiger partial charge in [-0.2, -0.15) is 0 Å². The Balaban J connectivity index is 1.19. The first-order valence-electron chi connectivity index (χ1n) is 15.0. The van der Waals surface area contributed by atoms with Gasteiger partial charge in [-0.15, -0.1) is 0 Å². The van der Waals surface area contributed by atoms with Gasteiger partial charge in [0.15, 0.2) is 0 Å². The number of carboxylic acid groups (broad SMARTS) is 1. The normalized spacial score (nSPS) is 18.8. The number of rotatable bonds is 8. The Morgan fingerprint density at radius 1 is 1.00 bits per heavy atom. The molecule has 5 nitrogen and oxygen atoms in total. The molecule has 1 N–H and O–H groups in total. The molecule has 4 aromatic rings. The van der Waals surface area contributed by atoms with Crippen molar-refractivity contribution < 1.29 is 23.8 Å². The van der Waals surface area contributed by atoms with Crippen molar-refractivity contribution in [3.63, 3.8) is 0 Å². The van der Waals surface area contributed by atoms with Crippen LogP contribution in [0.3, 0.4) is 0 Å². The van der Waals surface area contributed by atoms with Crippen LogP contribution in [-0.4, -0.2) is 28.6 Å². The average molecular weight is 635 g/mol. The van der Waals surface area contributed by atoms with Gasteiger partial charge in [0.2, 0.25) is 0 Å². The minimum absolute atomic E-state index is 0.138. The molecule has 0 saturated heterocycles. The summed E-state index contributed by atoms with van der Waals surface area (Å²) in [5, 5.41) is 11.0. The Morgan fingerprint density at radius 3 is 2.55 bits per heavy atom. The fourth-order valence-corrected chi connectivity index (χ4v) is 6.65. The van der Waals surface area contributed by atoms with Crippen LogP contribution in [0.25, 0.3) is 0 Å². The largest absolute Gasteiger partial charge is 0.493 e. The van der Waals surface area contributed by atoms with Crippen molar-refractivity contribution in [3.05, 3.63) is 128 Å². The van der Waals surface area contributed by atoms with Gasteiger partial charge >= 0.3 is 5.97 Å². The van der Waals surface area contributed by atoms with Gasteiger partial charge in [-0.05, 0) is 107 Å². The summed E-state index contributed by atoms with van der Waals surface area (Å²) in [6.45, 7) is 3.50. The maximum atomic E-state index is 13.8. The quantitative estimate of drug-likeness (QED) is 0.210. The van der Waals surface area contributed by atoms with Crippen LogP contribution < -0.4 is 9.47 Å². The second-order valence-electron chi connectivity index (χ2n) is 11.6. The van der Waals surface area contributed by atoms with Crippen LogP contribution in [0.5, 0.6) is 11.5 Å². The predicted octanol–water partition coefficient (Wildman–Crippen LogP) is 8.78. The van der Waals surface area contributed by atoms with Crippen LogP contribution in [-0.2, 0) is 30.7 Å². The average Bonchev–Trinajstić information content (AvgIpc) is 3.22. The molecule has 0 fully saturated rings. The van der Waals surface area contributed by atoms with E-state index in [0.29, 0.717) is 36.2 Å². The van der Waals surface area contributed by atoms with E-state index in [-0.39, 0.29) is 17.8 Å². The number of aliphatic carboxylic acids is 1. The fraction of sp³-hybridized carbons (Fsp3) is 0.306. The zero-order chi connectivity index (χ0) is 30.8. The van der Waals surface area contributed by atoms with Crippen LogP contribution in [0.1, 0.15) is 65.2 Å². The molecule has 0 unspecified atom stereocenters. The van der Waals surface area contributed by atoms with Gasteiger partial charge in [-0.1, -0.05) is 66.5 Å². The van der Waals surface area contributed by atoms with Gasteiger partial charge in [-0.25, -0.2) is 4.39 Å². The first-order valence-corrected chi connectivity index (χ1v) is 15.7. The van der Waals surface area contributed by atoms with E-state index in [9.17, 15) is 14.3 Å². The molecule has 228 valence electrons. The van der Waals surface area contributed by atoms with Crippen molar-refractivity contribution in [2.24, 2.45) is 0 Å². The molecule has 2 aliphatic heterocycles. The van der Waals surface area contributed by atoms with Crippen LogP contribution in [0.4, 0.5) is 4.39 Å². The van der Waals surface area contributed by atoms with Gasteiger partial charge in [0.1, 0.15) is 29.5 Å². The topological polar surface area (TPSA) is 59.0 Å². The lowest BCUT2D eigenvalue weighted by Gasteiger charge is -2.35. The second kappa shape index (κ2) is 13.2. The number of ether oxygens (including phenoxy) is 2. The van der Waals surface area contributed by atoms with Crippen molar-refractivity contribution in [1.29, 1.82) is 0 Å². The number of halogens is 3. The standard InChI is InChI=1S/C36H34Cl2FNO4/c1-2-34(25-8-11-31(37)32(38)17-25)44-30-9-6-23(7-10-30)24-12-13-43-35-19-26-18-33(36(41)42)40(21-28(26)16-27(35)15-24)20-22-4-3-5-29(39)14-22/h3-11,14,16-17,19,24,33-34H,2,12-13,15,18,20-21H2,1H3,(H,41,42)/t24-,33+,34-/m1/s1. The van der Waals surface area contributed by atoms with E-state index in [4.69, 9.17) is 32.7 Å². The molecular formula is C36H34Cl2FNO4. The Kier molecular flexibility index (Phi) is 9.13. The molecule has 8 heteroatoms. The third-order valence-corrected chi connectivity index (χ3v) is 9.42. The summed E-state index contributed by atoms with van der Waals surface area (Å²) < 4.78 is 26.4. The maximum Gasteiger partial charge on any atom is 0.321 e. The molecule has 0 amide bonds. The zero-order valence-corrected chi connectivity index (χ0v) is 26.0. The molecule has 2 heterocycles. The minimum Gasteiger partial charge on any atom is -0.493 e. The van der Waals surface area contributed by atoms with Gasteiger partial charge in [0.25, 0.3) is 0 Å². The summed E-state index contributed by atoms with van der Waals surface area (Å²) in [5.74, 6) is 0.687. The van der Waals surface area contributed by atoms with Gasteiger partial charge in [-0.3, -0.25) is 9.69 Å². The Morgan fingerprint density at radius 2 is 1.82 bits per heavy atom.